The van der Waals surface area contributed by atoms with E-state index in [1.165, 1.54) is 0 Å². The lowest BCUT2D eigenvalue weighted by Gasteiger charge is -2.29. The molecule has 0 bridgehead atoms. The Bertz CT molecular complexity index is 150. The third-order valence-electron chi connectivity index (χ3n) is 1.34. The topological polar surface area (TPSA) is 9.23 Å². The fourth-order valence-corrected chi connectivity index (χ4v) is 6.94. The lowest BCUT2D eigenvalue weighted by molar-refractivity contribution is 0.571. The lowest BCUT2D eigenvalue weighted by Crippen LogP contribution is -2.41. The summed E-state index contributed by atoms with van der Waals surface area (Å²) in [5, 5.41) is 0. The van der Waals surface area contributed by atoms with Crippen molar-refractivity contribution in [3.05, 3.63) is 24.6 Å². The van der Waals surface area contributed by atoms with Crippen molar-refractivity contribution in [1.82, 2.24) is 0 Å². The predicted octanol–water partition coefficient (Wildman–Crippen LogP) is 2.86. The predicted molar refractivity (Wildman–Crippen MR) is 56.4 cm³/mol. The van der Waals surface area contributed by atoms with E-state index in [9.17, 15) is 0 Å². The number of hydrogen-bond donors (Lipinski definition) is 0. The van der Waals surface area contributed by atoms with E-state index in [1.807, 2.05) is 11.4 Å². The van der Waals surface area contributed by atoms with Crippen LogP contribution in [0, 0.1) is 0 Å². The second-order valence-corrected chi connectivity index (χ2v) is 12.0. The van der Waals surface area contributed by atoms with Crippen LogP contribution in [-0.4, -0.2) is 16.6 Å². The van der Waals surface area contributed by atoms with Gasteiger partial charge in [-0.2, -0.15) is 0 Å². The van der Waals surface area contributed by atoms with E-state index in [1.54, 1.807) is 0 Å². The summed E-state index contributed by atoms with van der Waals surface area (Å²) < 4.78 is 5.97. The van der Waals surface area contributed by atoms with Crippen LogP contribution in [0.1, 0.15) is 0 Å². The van der Waals surface area contributed by atoms with Crippen molar-refractivity contribution in [3.63, 3.8) is 0 Å². The summed E-state index contributed by atoms with van der Waals surface area (Å²) in [4.78, 5) is 0. The van der Waals surface area contributed by atoms with Crippen molar-refractivity contribution in [2.45, 2.75) is 26.2 Å². The van der Waals surface area contributed by atoms with Gasteiger partial charge in [-0.3, -0.25) is 0 Å². The third kappa shape index (κ3) is 4.34. The molecule has 0 aliphatic carbocycles. The molecule has 0 unspecified atom stereocenters. The zero-order valence-corrected chi connectivity index (χ0v) is 9.98. The second kappa shape index (κ2) is 3.51. The first-order chi connectivity index (χ1) is 4.83. The Morgan fingerprint density at radius 3 is 1.45 bits per heavy atom. The van der Waals surface area contributed by atoms with Crippen LogP contribution in [0.4, 0.5) is 0 Å². The Kier molecular flexibility index (Phi) is 3.47. The minimum atomic E-state index is -1.74. The van der Waals surface area contributed by atoms with Crippen LogP contribution in [0.2, 0.25) is 26.2 Å². The SMILES string of the molecule is C=C[Si](C)(C=C)O[Si](C)(C)C. The summed E-state index contributed by atoms with van der Waals surface area (Å²) in [6.45, 7) is 16.2. The van der Waals surface area contributed by atoms with Crippen LogP contribution in [0.3, 0.4) is 0 Å². The number of rotatable bonds is 4. The molecular weight excluding hydrogens is 168 g/mol. The van der Waals surface area contributed by atoms with E-state index in [4.69, 9.17) is 4.12 Å². The van der Waals surface area contributed by atoms with Gasteiger partial charge in [0.15, 0.2) is 8.32 Å². The van der Waals surface area contributed by atoms with Crippen LogP contribution < -0.4 is 0 Å². The molecule has 0 aromatic carbocycles. The van der Waals surface area contributed by atoms with Crippen molar-refractivity contribution >= 4 is 16.6 Å². The zero-order valence-electron chi connectivity index (χ0n) is 7.98. The van der Waals surface area contributed by atoms with Gasteiger partial charge in [0.1, 0.15) is 0 Å². The molecule has 0 aromatic rings. The maximum absolute atomic E-state index is 5.97. The molecule has 0 saturated heterocycles. The molecule has 1 nitrogen and oxygen atoms in total. The highest BCUT2D eigenvalue weighted by molar-refractivity contribution is 6.90. The van der Waals surface area contributed by atoms with Gasteiger partial charge in [0.05, 0.1) is 0 Å². The molecule has 3 heteroatoms. The molecule has 0 fully saturated rings. The average Bonchev–Trinajstić information content (AvgIpc) is 1.84. The summed E-state index contributed by atoms with van der Waals surface area (Å²) in [6.07, 6.45) is 0. The van der Waals surface area contributed by atoms with E-state index in [0.717, 1.165) is 0 Å². The molecular formula is C8H18OSi2. The maximum Gasteiger partial charge on any atom is 0.226 e. The largest absolute Gasteiger partial charge is 0.450 e. The lowest BCUT2D eigenvalue weighted by atomic mass is 11.2. The normalized spacial score (nSPS) is 12.7. The van der Waals surface area contributed by atoms with E-state index in [-0.39, 0.29) is 0 Å². The molecule has 11 heavy (non-hydrogen) atoms. The highest BCUT2D eigenvalue weighted by Gasteiger charge is 2.28. The average molecular weight is 186 g/mol. The van der Waals surface area contributed by atoms with Gasteiger partial charge in [0.2, 0.25) is 8.32 Å². The molecule has 0 saturated carbocycles. The molecule has 0 atom stereocenters. The highest BCUT2D eigenvalue weighted by Crippen LogP contribution is 2.15. The molecule has 0 rings (SSSR count). The van der Waals surface area contributed by atoms with Gasteiger partial charge in [0, 0.05) is 0 Å². The minimum Gasteiger partial charge on any atom is -0.450 e. The van der Waals surface area contributed by atoms with E-state index in [0.29, 0.717) is 0 Å². The summed E-state index contributed by atoms with van der Waals surface area (Å²) in [6, 6.07) is 0. The minimum absolute atomic E-state index is 1.42. The van der Waals surface area contributed by atoms with Gasteiger partial charge < -0.3 is 4.12 Å². The van der Waals surface area contributed by atoms with Crippen LogP contribution in [0.5, 0.6) is 0 Å². The van der Waals surface area contributed by atoms with E-state index < -0.39 is 16.6 Å². The molecule has 0 aliphatic rings. The Balaban J connectivity index is 4.31. The van der Waals surface area contributed by atoms with Gasteiger partial charge in [0.25, 0.3) is 0 Å². The Hall–Kier alpha value is -0.126. The summed E-state index contributed by atoms with van der Waals surface area (Å²) in [7, 11) is -3.16. The molecule has 0 aliphatic heterocycles. The molecule has 0 radical (unpaired) electrons. The molecule has 0 heterocycles. The van der Waals surface area contributed by atoms with Crippen molar-refractivity contribution in [3.8, 4) is 0 Å². The standard InChI is InChI=1S/C8H18OSi2/c1-7-11(6,8-2)9-10(3,4)5/h7-8H,1-2H2,3-6H3. The quantitative estimate of drug-likeness (QED) is 0.614. The zero-order chi connectivity index (χ0) is 9.12. The second-order valence-electron chi connectivity index (χ2n) is 3.81. The van der Waals surface area contributed by atoms with Gasteiger partial charge in [-0.25, -0.2) is 0 Å². The Morgan fingerprint density at radius 2 is 1.36 bits per heavy atom. The highest BCUT2D eigenvalue weighted by atomic mass is 28.4. The summed E-state index contributed by atoms with van der Waals surface area (Å²) in [5.41, 5.74) is 3.86. The molecule has 0 spiro atoms. The Morgan fingerprint density at radius 1 is 1.00 bits per heavy atom. The van der Waals surface area contributed by atoms with Crippen molar-refractivity contribution in [2.75, 3.05) is 0 Å². The number of hydrogen-bond acceptors (Lipinski definition) is 1. The van der Waals surface area contributed by atoms with Crippen LogP contribution in [-0.2, 0) is 4.12 Å². The monoisotopic (exact) mass is 186 g/mol. The van der Waals surface area contributed by atoms with Crippen LogP contribution in [0.15, 0.2) is 24.6 Å². The summed E-state index contributed by atoms with van der Waals surface area (Å²) in [5.74, 6) is 0. The van der Waals surface area contributed by atoms with E-state index >= 15 is 0 Å². The van der Waals surface area contributed by atoms with Gasteiger partial charge in [-0.15, -0.1) is 13.2 Å². The van der Waals surface area contributed by atoms with Gasteiger partial charge in [-0.05, 0) is 26.2 Å². The fraction of sp³-hybridized carbons (Fsp3) is 0.500. The Labute approximate surface area is 72.0 Å². The molecule has 0 aromatic heterocycles. The first-order valence-electron chi connectivity index (χ1n) is 3.80. The van der Waals surface area contributed by atoms with E-state index in [2.05, 4.69) is 39.3 Å². The maximum atomic E-state index is 5.97. The van der Waals surface area contributed by atoms with Gasteiger partial charge in [-0.1, -0.05) is 11.4 Å². The summed E-state index contributed by atoms with van der Waals surface area (Å²) >= 11 is 0. The van der Waals surface area contributed by atoms with Gasteiger partial charge >= 0.3 is 0 Å². The third-order valence-corrected chi connectivity index (χ3v) is 7.17. The van der Waals surface area contributed by atoms with Crippen LogP contribution in [0.25, 0.3) is 0 Å². The first-order valence-corrected chi connectivity index (χ1v) is 9.77. The molecule has 0 amide bonds. The molecule has 64 valence electrons. The van der Waals surface area contributed by atoms with Crippen molar-refractivity contribution < 1.29 is 4.12 Å². The molecule has 0 N–H and O–H groups in total. The smallest absolute Gasteiger partial charge is 0.226 e. The van der Waals surface area contributed by atoms with Crippen molar-refractivity contribution in [1.29, 1.82) is 0 Å². The van der Waals surface area contributed by atoms with Crippen molar-refractivity contribution in [2.24, 2.45) is 0 Å². The van der Waals surface area contributed by atoms with Crippen LogP contribution >= 0.6 is 0 Å². The fourth-order valence-electron chi connectivity index (χ4n) is 0.826. The first kappa shape index (κ1) is 10.9.